The zero-order valence-corrected chi connectivity index (χ0v) is 18.5. The lowest BCUT2D eigenvalue weighted by Crippen LogP contribution is -2.31. The smallest absolute Gasteiger partial charge is 0.337 e. The molecule has 0 saturated heterocycles. The summed E-state index contributed by atoms with van der Waals surface area (Å²) in [6.45, 7) is 0. The summed E-state index contributed by atoms with van der Waals surface area (Å²) in [5.74, 6) is -1.97. The number of esters is 1. The number of ether oxygens (including phenoxy) is 1. The third-order valence-corrected chi connectivity index (χ3v) is 4.87. The van der Waals surface area contributed by atoms with Crippen molar-refractivity contribution < 1.29 is 24.0 Å². The summed E-state index contributed by atoms with van der Waals surface area (Å²) in [7, 11) is 1.23. The van der Waals surface area contributed by atoms with Gasteiger partial charge in [0, 0.05) is 17.8 Å². The Kier molecular flexibility index (Phi) is 7.73. The SMILES string of the molecule is COC(=O)c1cccc(NC(=O)/C(=C\c2cccc([N+](=O)[O-])c2)NC(=O)c2ccccc2Cl)c1. The molecule has 10 heteroatoms. The number of hydrogen-bond acceptors (Lipinski definition) is 6. The van der Waals surface area contributed by atoms with Crippen molar-refractivity contribution in [1.82, 2.24) is 5.32 Å². The summed E-state index contributed by atoms with van der Waals surface area (Å²) in [5.41, 5.74) is 0.539. The van der Waals surface area contributed by atoms with Crippen LogP contribution < -0.4 is 10.6 Å². The number of carbonyl (C=O) groups excluding carboxylic acids is 3. The molecule has 0 aliphatic carbocycles. The molecule has 0 saturated carbocycles. The predicted octanol–water partition coefficient (Wildman–Crippen LogP) is 4.44. The lowest BCUT2D eigenvalue weighted by molar-refractivity contribution is -0.384. The monoisotopic (exact) mass is 479 g/mol. The van der Waals surface area contributed by atoms with Crippen LogP contribution in [0.4, 0.5) is 11.4 Å². The summed E-state index contributed by atoms with van der Waals surface area (Å²) < 4.78 is 4.68. The Hall–Kier alpha value is -4.50. The molecule has 0 unspecified atom stereocenters. The molecule has 3 aromatic rings. The fourth-order valence-corrected chi connectivity index (χ4v) is 3.15. The van der Waals surface area contributed by atoms with Gasteiger partial charge in [0.2, 0.25) is 0 Å². The van der Waals surface area contributed by atoms with E-state index in [1.54, 1.807) is 30.3 Å². The van der Waals surface area contributed by atoms with Crippen molar-refractivity contribution in [3.63, 3.8) is 0 Å². The maximum absolute atomic E-state index is 13.1. The second-order valence-electron chi connectivity index (χ2n) is 6.87. The first-order chi connectivity index (χ1) is 16.3. The number of carbonyl (C=O) groups is 3. The Morgan fingerprint density at radius 1 is 1.00 bits per heavy atom. The van der Waals surface area contributed by atoms with E-state index in [0.29, 0.717) is 5.56 Å². The number of anilines is 1. The second kappa shape index (κ2) is 10.9. The quantitative estimate of drug-likeness (QED) is 0.223. The van der Waals surface area contributed by atoms with E-state index < -0.39 is 22.7 Å². The summed E-state index contributed by atoms with van der Waals surface area (Å²) in [4.78, 5) is 48.2. The number of halogens is 1. The molecule has 0 fully saturated rings. The molecular formula is C24H18ClN3O6. The van der Waals surface area contributed by atoms with Crippen molar-refractivity contribution in [2.75, 3.05) is 12.4 Å². The number of benzene rings is 3. The Morgan fingerprint density at radius 2 is 1.74 bits per heavy atom. The lowest BCUT2D eigenvalue weighted by Gasteiger charge is -2.12. The molecule has 0 aromatic heterocycles. The fourth-order valence-electron chi connectivity index (χ4n) is 2.93. The van der Waals surface area contributed by atoms with Crippen LogP contribution in [-0.2, 0) is 9.53 Å². The topological polar surface area (TPSA) is 128 Å². The van der Waals surface area contributed by atoms with Gasteiger partial charge in [-0.3, -0.25) is 19.7 Å². The molecule has 9 nitrogen and oxygen atoms in total. The van der Waals surface area contributed by atoms with Crippen LogP contribution in [0.1, 0.15) is 26.3 Å². The highest BCUT2D eigenvalue weighted by Crippen LogP contribution is 2.19. The third kappa shape index (κ3) is 6.05. The molecular weight excluding hydrogens is 462 g/mol. The van der Waals surface area contributed by atoms with Crippen LogP contribution in [0.3, 0.4) is 0 Å². The van der Waals surface area contributed by atoms with Gasteiger partial charge >= 0.3 is 5.97 Å². The average molecular weight is 480 g/mol. The highest BCUT2D eigenvalue weighted by molar-refractivity contribution is 6.34. The normalized spacial score (nSPS) is 10.8. The van der Waals surface area contributed by atoms with Crippen LogP contribution >= 0.6 is 11.6 Å². The van der Waals surface area contributed by atoms with E-state index in [-0.39, 0.29) is 33.2 Å². The van der Waals surface area contributed by atoms with Crippen molar-refractivity contribution in [3.8, 4) is 0 Å². The maximum Gasteiger partial charge on any atom is 0.337 e. The largest absolute Gasteiger partial charge is 0.465 e. The number of nitrogens with zero attached hydrogens (tertiary/aromatic N) is 1. The minimum Gasteiger partial charge on any atom is -0.465 e. The van der Waals surface area contributed by atoms with E-state index in [9.17, 15) is 24.5 Å². The highest BCUT2D eigenvalue weighted by Gasteiger charge is 2.18. The van der Waals surface area contributed by atoms with Crippen molar-refractivity contribution in [3.05, 3.63) is 110 Å². The molecule has 0 heterocycles. The number of nitro benzene ring substituents is 1. The van der Waals surface area contributed by atoms with Gasteiger partial charge in [0.1, 0.15) is 5.70 Å². The minimum atomic E-state index is -0.728. The predicted molar refractivity (Wildman–Crippen MR) is 126 cm³/mol. The molecule has 2 amide bonds. The standard InChI is InChI=1S/C24H18ClN3O6/c1-34-24(31)16-7-5-8-17(14-16)26-23(30)21(13-15-6-4-9-18(12-15)28(32)33)27-22(29)19-10-2-3-11-20(19)25/h2-14H,1H3,(H,26,30)(H,27,29)/b21-13+. The van der Waals surface area contributed by atoms with Crippen LogP contribution in [0.25, 0.3) is 6.08 Å². The van der Waals surface area contributed by atoms with E-state index in [0.717, 1.165) is 0 Å². The van der Waals surface area contributed by atoms with Gasteiger partial charge in [-0.05, 0) is 42.0 Å². The zero-order valence-electron chi connectivity index (χ0n) is 17.8. The zero-order chi connectivity index (χ0) is 24.7. The summed E-state index contributed by atoms with van der Waals surface area (Å²) >= 11 is 6.09. The van der Waals surface area contributed by atoms with Crippen LogP contribution in [-0.4, -0.2) is 29.8 Å². The van der Waals surface area contributed by atoms with Crippen LogP contribution in [0.2, 0.25) is 5.02 Å². The van der Waals surface area contributed by atoms with Crippen molar-refractivity contribution in [2.24, 2.45) is 0 Å². The lowest BCUT2D eigenvalue weighted by atomic mass is 10.1. The van der Waals surface area contributed by atoms with Crippen molar-refractivity contribution in [1.29, 1.82) is 0 Å². The molecule has 0 radical (unpaired) electrons. The molecule has 172 valence electrons. The van der Waals surface area contributed by atoms with Crippen molar-refractivity contribution in [2.45, 2.75) is 0 Å². The molecule has 3 aromatic carbocycles. The first kappa shape index (κ1) is 24.1. The number of non-ortho nitro benzene ring substituents is 1. The number of amides is 2. The van der Waals surface area contributed by atoms with Gasteiger partial charge in [-0.2, -0.15) is 0 Å². The van der Waals surface area contributed by atoms with Gasteiger partial charge in [0.15, 0.2) is 0 Å². The first-order valence-corrected chi connectivity index (χ1v) is 10.2. The van der Waals surface area contributed by atoms with E-state index in [2.05, 4.69) is 15.4 Å². The van der Waals surface area contributed by atoms with E-state index >= 15 is 0 Å². The highest BCUT2D eigenvalue weighted by atomic mass is 35.5. The summed E-state index contributed by atoms with van der Waals surface area (Å²) in [6, 6.07) is 17.9. The number of methoxy groups -OCH3 is 1. The summed E-state index contributed by atoms with van der Waals surface area (Å²) in [6.07, 6.45) is 1.29. The number of nitro groups is 1. The molecule has 0 aliphatic rings. The molecule has 2 N–H and O–H groups in total. The number of rotatable bonds is 7. The van der Waals surface area contributed by atoms with Crippen molar-refractivity contribution >= 4 is 46.8 Å². The van der Waals surface area contributed by atoms with Gasteiger partial charge in [-0.25, -0.2) is 4.79 Å². The maximum atomic E-state index is 13.1. The Balaban J connectivity index is 1.95. The van der Waals surface area contributed by atoms with Gasteiger partial charge in [-0.15, -0.1) is 0 Å². The molecule has 34 heavy (non-hydrogen) atoms. The minimum absolute atomic E-state index is 0.134. The van der Waals surface area contributed by atoms with Crippen LogP contribution in [0.15, 0.2) is 78.5 Å². The van der Waals surface area contributed by atoms with Gasteiger partial charge in [-0.1, -0.05) is 41.9 Å². The number of hydrogen-bond donors (Lipinski definition) is 2. The second-order valence-corrected chi connectivity index (χ2v) is 7.28. The third-order valence-electron chi connectivity index (χ3n) is 4.54. The van der Waals surface area contributed by atoms with E-state index in [1.165, 1.54) is 55.7 Å². The molecule has 0 spiro atoms. The van der Waals surface area contributed by atoms with Gasteiger partial charge in [0.05, 0.1) is 28.2 Å². The molecule has 3 rings (SSSR count). The van der Waals surface area contributed by atoms with E-state index in [4.69, 9.17) is 11.6 Å². The summed E-state index contributed by atoms with van der Waals surface area (Å²) in [5, 5.41) is 16.4. The Morgan fingerprint density at radius 3 is 2.44 bits per heavy atom. The van der Waals surface area contributed by atoms with Crippen LogP contribution in [0, 0.1) is 10.1 Å². The van der Waals surface area contributed by atoms with E-state index in [1.807, 2.05) is 0 Å². The van der Waals surface area contributed by atoms with Gasteiger partial charge in [0.25, 0.3) is 17.5 Å². The molecule has 0 atom stereocenters. The average Bonchev–Trinajstić information content (AvgIpc) is 2.83. The molecule has 0 bridgehead atoms. The van der Waals surface area contributed by atoms with Gasteiger partial charge < -0.3 is 15.4 Å². The molecule has 0 aliphatic heterocycles. The number of nitrogens with one attached hydrogen (secondary N) is 2. The van der Waals surface area contributed by atoms with Crippen LogP contribution in [0.5, 0.6) is 0 Å². The Bertz CT molecular complexity index is 1310. The Labute approximate surface area is 199 Å². The first-order valence-electron chi connectivity index (χ1n) is 9.80. The fraction of sp³-hybridized carbons (Fsp3) is 0.0417.